The van der Waals surface area contributed by atoms with E-state index >= 15 is 0 Å². The molecule has 0 aliphatic rings. The van der Waals surface area contributed by atoms with Crippen LogP contribution in [0.2, 0.25) is 0 Å². The summed E-state index contributed by atoms with van der Waals surface area (Å²) in [4.78, 5) is 18.5. The van der Waals surface area contributed by atoms with Gasteiger partial charge in [-0.15, -0.1) is 0 Å². The zero-order chi connectivity index (χ0) is 22.8. The molecule has 31 heavy (non-hydrogen) atoms. The number of sulfonamides is 1. The van der Waals surface area contributed by atoms with Crippen LogP contribution in [-0.4, -0.2) is 49.2 Å². The Bertz CT molecular complexity index is 1200. The molecule has 0 radical (unpaired) electrons. The number of aryl methyl sites for hydroxylation is 3. The zero-order valence-corrected chi connectivity index (χ0v) is 19.1. The van der Waals surface area contributed by atoms with Gasteiger partial charge in [-0.2, -0.15) is 4.98 Å². The summed E-state index contributed by atoms with van der Waals surface area (Å²) in [5.41, 5.74) is 4.17. The van der Waals surface area contributed by atoms with Crippen LogP contribution >= 0.6 is 0 Å². The highest BCUT2D eigenvalue weighted by Gasteiger charge is 2.25. The van der Waals surface area contributed by atoms with Crippen molar-refractivity contribution in [3.8, 4) is 11.4 Å². The normalized spacial score (nSPS) is 11.4. The van der Waals surface area contributed by atoms with Crippen LogP contribution in [0.4, 0.5) is 5.69 Å². The van der Waals surface area contributed by atoms with E-state index in [1.54, 1.807) is 13.1 Å². The van der Waals surface area contributed by atoms with Crippen molar-refractivity contribution in [2.45, 2.75) is 27.3 Å². The van der Waals surface area contributed by atoms with Crippen molar-refractivity contribution < 1.29 is 17.7 Å². The minimum Gasteiger partial charge on any atom is -0.337 e. The highest BCUT2D eigenvalue weighted by atomic mass is 32.2. The maximum Gasteiger partial charge on any atom is 0.246 e. The second-order valence-electron chi connectivity index (χ2n) is 7.69. The molecular weight excluding hydrogens is 416 g/mol. The van der Waals surface area contributed by atoms with Crippen LogP contribution in [0.1, 0.15) is 22.6 Å². The van der Waals surface area contributed by atoms with E-state index in [1.807, 2.05) is 57.2 Å². The molecule has 0 atom stereocenters. The summed E-state index contributed by atoms with van der Waals surface area (Å²) in [5.74, 6) is 0.318. The fourth-order valence-corrected chi connectivity index (χ4v) is 4.13. The van der Waals surface area contributed by atoms with Crippen LogP contribution in [-0.2, 0) is 21.4 Å². The smallest absolute Gasteiger partial charge is 0.246 e. The molecule has 0 spiro atoms. The van der Waals surface area contributed by atoms with Crippen molar-refractivity contribution in [2.24, 2.45) is 0 Å². The molecule has 164 valence electrons. The Morgan fingerprint density at radius 3 is 2.42 bits per heavy atom. The van der Waals surface area contributed by atoms with Crippen LogP contribution in [0.3, 0.4) is 0 Å². The van der Waals surface area contributed by atoms with Crippen LogP contribution in [0, 0.1) is 20.8 Å². The largest absolute Gasteiger partial charge is 0.337 e. The quantitative estimate of drug-likeness (QED) is 0.558. The zero-order valence-electron chi connectivity index (χ0n) is 18.3. The van der Waals surface area contributed by atoms with E-state index in [9.17, 15) is 13.2 Å². The van der Waals surface area contributed by atoms with Crippen molar-refractivity contribution in [3.63, 3.8) is 0 Å². The molecule has 0 aliphatic heterocycles. The maximum atomic E-state index is 12.8. The van der Waals surface area contributed by atoms with Gasteiger partial charge in [0.05, 0.1) is 18.5 Å². The average Bonchev–Trinajstić information content (AvgIpc) is 3.14. The first-order chi connectivity index (χ1) is 14.5. The molecule has 1 aromatic heterocycles. The number of nitrogens with zero attached hydrogens (tertiary/aromatic N) is 4. The number of anilines is 1. The van der Waals surface area contributed by atoms with Crippen LogP contribution in [0.25, 0.3) is 11.4 Å². The molecule has 0 N–H and O–H groups in total. The van der Waals surface area contributed by atoms with Gasteiger partial charge in [0.25, 0.3) is 0 Å². The number of likely N-dealkylation sites (N-methyl/N-ethyl adjacent to an activating group) is 1. The lowest BCUT2D eigenvalue weighted by molar-refractivity contribution is -0.129. The summed E-state index contributed by atoms with van der Waals surface area (Å²) in [6.45, 7) is 5.47. The standard InChI is InChI=1S/C22H26N4O4S/c1-15-7-6-8-18(12-15)22-23-20(30-24-22)13-25(4)21(27)14-26(31(5,28)29)19-10-9-16(2)11-17(19)3/h6-12H,13-14H2,1-5H3. The lowest BCUT2D eigenvalue weighted by Gasteiger charge is -2.26. The third kappa shape index (κ3) is 5.49. The van der Waals surface area contributed by atoms with E-state index in [2.05, 4.69) is 10.1 Å². The predicted octanol–water partition coefficient (Wildman–Crippen LogP) is 3.09. The molecule has 8 nitrogen and oxygen atoms in total. The minimum absolute atomic E-state index is 0.0716. The van der Waals surface area contributed by atoms with Crippen molar-refractivity contribution in [3.05, 3.63) is 65.0 Å². The van der Waals surface area contributed by atoms with Gasteiger partial charge in [0.2, 0.25) is 27.6 Å². The molecule has 0 aliphatic carbocycles. The molecular formula is C22H26N4O4S. The summed E-state index contributed by atoms with van der Waals surface area (Å²) in [5, 5.41) is 3.98. The number of aromatic nitrogens is 2. The van der Waals surface area contributed by atoms with E-state index < -0.39 is 10.0 Å². The molecule has 1 amide bonds. The topological polar surface area (TPSA) is 96.6 Å². The molecule has 0 fully saturated rings. The molecule has 3 aromatic rings. The van der Waals surface area contributed by atoms with E-state index in [-0.39, 0.29) is 24.9 Å². The van der Waals surface area contributed by atoms with Gasteiger partial charge in [0, 0.05) is 12.6 Å². The van der Waals surface area contributed by atoms with E-state index in [0.717, 1.165) is 32.8 Å². The number of rotatable bonds is 7. The molecule has 0 saturated carbocycles. The van der Waals surface area contributed by atoms with Gasteiger partial charge in [0.15, 0.2) is 0 Å². The first kappa shape index (κ1) is 22.5. The van der Waals surface area contributed by atoms with Gasteiger partial charge >= 0.3 is 0 Å². The van der Waals surface area contributed by atoms with Crippen molar-refractivity contribution in [1.82, 2.24) is 15.0 Å². The minimum atomic E-state index is -3.66. The van der Waals surface area contributed by atoms with Crippen LogP contribution in [0.5, 0.6) is 0 Å². The van der Waals surface area contributed by atoms with Gasteiger partial charge in [-0.05, 0) is 38.5 Å². The fraction of sp³-hybridized carbons (Fsp3) is 0.318. The number of benzene rings is 2. The Balaban J connectivity index is 1.74. The monoisotopic (exact) mass is 442 g/mol. The van der Waals surface area contributed by atoms with Crippen molar-refractivity contribution in [2.75, 3.05) is 24.2 Å². The Morgan fingerprint density at radius 2 is 1.77 bits per heavy atom. The molecule has 9 heteroatoms. The van der Waals surface area contributed by atoms with Gasteiger partial charge in [0.1, 0.15) is 6.54 Å². The van der Waals surface area contributed by atoms with Crippen LogP contribution in [0.15, 0.2) is 47.0 Å². The second kappa shape index (κ2) is 8.89. The molecule has 0 unspecified atom stereocenters. The van der Waals surface area contributed by atoms with Gasteiger partial charge in [-0.3, -0.25) is 9.10 Å². The summed E-state index contributed by atoms with van der Waals surface area (Å²) in [6, 6.07) is 13.1. The summed E-state index contributed by atoms with van der Waals surface area (Å²) >= 11 is 0. The first-order valence-electron chi connectivity index (χ1n) is 9.73. The average molecular weight is 443 g/mol. The number of carbonyl (C=O) groups is 1. The van der Waals surface area contributed by atoms with Crippen LogP contribution < -0.4 is 4.31 Å². The Kier molecular flexibility index (Phi) is 6.45. The van der Waals surface area contributed by atoms with Gasteiger partial charge < -0.3 is 9.42 Å². The first-order valence-corrected chi connectivity index (χ1v) is 11.6. The van der Waals surface area contributed by atoms with Crippen molar-refractivity contribution in [1.29, 1.82) is 0 Å². The molecule has 2 aromatic carbocycles. The number of hydrogen-bond acceptors (Lipinski definition) is 6. The number of carbonyl (C=O) groups excluding carboxylic acids is 1. The van der Waals surface area contributed by atoms with Gasteiger partial charge in [-0.25, -0.2) is 8.42 Å². The number of amides is 1. The summed E-state index contributed by atoms with van der Waals surface area (Å²) in [6.07, 6.45) is 1.09. The molecule has 3 rings (SSSR count). The predicted molar refractivity (Wildman–Crippen MR) is 119 cm³/mol. The Hall–Kier alpha value is -3.20. The summed E-state index contributed by atoms with van der Waals surface area (Å²) in [7, 11) is -2.09. The lowest BCUT2D eigenvalue weighted by Crippen LogP contribution is -2.41. The summed E-state index contributed by atoms with van der Waals surface area (Å²) < 4.78 is 31.2. The van der Waals surface area contributed by atoms with Crippen molar-refractivity contribution >= 4 is 21.6 Å². The number of hydrogen-bond donors (Lipinski definition) is 0. The Labute approximate surface area is 182 Å². The van der Waals surface area contributed by atoms with E-state index in [0.29, 0.717) is 11.5 Å². The Morgan fingerprint density at radius 1 is 1.06 bits per heavy atom. The molecule has 0 saturated heterocycles. The van der Waals surface area contributed by atoms with Gasteiger partial charge in [-0.1, -0.05) is 46.6 Å². The third-order valence-corrected chi connectivity index (χ3v) is 5.97. The maximum absolute atomic E-state index is 12.8. The third-order valence-electron chi connectivity index (χ3n) is 4.84. The van der Waals surface area contributed by atoms with E-state index in [4.69, 9.17) is 4.52 Å². The lowest BCUT2D eigenvalue weighted by atomic mass is 10.1. The second-order valence-corrected chi connectivity index (χ2v) is 9.60. The molecule has 1 heterocycles. The highest BCUT2D eigenvalue weighted by molar-refractivity contribution is 7.92. The highest BCUT2D eigenvalue weighted by Crippen LogP contribution is 2.24. The fourth-order valence-electron chi connectivity index (χ4n) is 3.22. The van der Waals surface area contributed by atoms with E-state index in [1.165, 1.54) is 4.90 Å². The SMILES string of the molecule is Cc1cccc(-c2noc(CN(C)C(=O)CN(c3ccc(C)cc3C)S(C)(=O)=O)n2)c1. The molecule has 0 bridgehead atoms.